The third-order valence-corrected chi connectivity index (χ3v) is 5.14. The minimum atomic E-state index is 0.638. The number of fused-ring (bicyclic) bond motifs is 1. The molecule has 0 radical (unpaired) electrons. The highest BCUT2D eigenvalue weighted by molar-refractivity contribution is 7.22. The van der Waals surface area contributed by atoms with Crippen molar-refractivity contribution in [1.29, 1.82) is 0 Å². The molecule has 3 nitrogen and oxygen atoms in total. The normalized spacial score (nSPS) is 10.8. The van der Waals surface area contributed by atoms with Gasteiger partial charge in [0.05, 0.1) is 16.3 Å². The minimum absolute atomic E-state index is 0.638. The van der Waals surface area contributed by atoms with Crippen molar-refractivity contribution in [2.75, 3.05) is 5.73 Å². The molecule has 4 aromatic rings. The summed E-state index contributed by atoms with van der Waals surface area (Å²) in [5.74, 6) is 0. The van der Waals surface area contributed by atoms with E-state index in [4.69, 9.17) is 10.7 Å². The van der Waals surface area contributed by atoms with Crippen LogP contribution in [0.25, 0.3) is 31.9 Å². The third-order valence-electron chi connectivity index (χ3n) is 4.00. The first-order valence-electron chi connectivity index (χ1n) is 7.57. The molecule has 0 unspecified atom stereocenters. The van der Waals surface area contributed by atoms with Crippen LogP contribution in [0.4, 0.5) is 5.69 Å². The Balaban J connectivity index is 1.90. The highest BCUT2D eigenvalue weighted by Gasteiger charge is 2.15. The van der Waals surface area contributed by atoms with Crippen molar-refractivity contribution in [3.63, 3.8) is 0 Å². The Morgan fingerprint density at radius 1 is 0.917 bits per heavy atom. The van der Waals surface area contributed by atoms with Crippen molar-refractivity contribution in [2.45, 2.75) is 0 Å². The lowest BCUT2D eigenvalue weighted by Gasteiger charge is -2.02. The molecule has 24 heavy (non-hydrogen) atoms. The molecule has 0 aliphatic rings. The second-order valence-electron chi connectivity index (χ2n) is 5.47. The zero-order chi connectivity index (χ0) is 16.5. The van der Waals surface area contributed by atoms with Gasteiger partial charge in [0.25, 0.3) is 0 Å². The third kappa shape index (κ3) is 2.37. The summed E-state index contributed by atoms with van der Waals surface area (Å²) in [6.07, 6.45) is 0.863. The number of anilines is 1. The number of thiophene rings is 1. The zero-order valence-corrected chi connectivity index (χ0v) is 13.6. The maximum Gasteiger partial charge on any atom is 0.150 e. The van der Waals surface area contributed by atoms with Gasteiger partial charge in [0.15, 0.2) is 6.29 Å². The van der Waals surface area contributed by atoms with Crippen LogP contribution < -0.4 is 5.73 Å². The number of hydrogen-bond acceptors (Lipinski definition) is 4. The number of nitrogens with zero attached hydrogens (tertiary/aromatic N) is 1. The molecule has 0 saturated carbocycles. The predicted octanol–water partition coefficient (Wildman–Crippen LogP) is 5.03. The summed E-state index contributed by atoms with van der Waals surface area (Å²) < 4.78 is 0. The van der Waals surface area contributed by atoms with Gasteiger partial charge in [-0.05, 0) is 12.1 Å². The summed E-state index contributed by atoms with van der Waals surface area (Å²) in [6, 6.07) is 21.5. The molecule has 4 heteroatoms. The van der Waals surface area contributed by atoms with Crippen LogP contribution in [-0.2, 0) is 0 Å². The first kappa shape index (κ1) is 14.6. The molecule has 0 atom stereocenters. The highest BCUT2D eigenvalue weighted by atomic mass is 32.1. The number of nitrogen functional groups attached to an aromatic ring is 1. The van der Waals surface area contributed by atoms with Gasteiger partial charge in [-0.1, -0.05) is 54.6 Å². The van der Waals surface area contributed by atoms with Gasteiger partial charge in [-0.15, -0.1) is 11.3 Å². The van der Waals surface area contributed by atoms with E-state index in [1.165, 1.54) is 11.3 Å². The van der Waals surface area contributed by atoms with E-state index in [-0.39, 0.29) is 0 Å². The second kappa shape index (κ2) is 5.91. The Hall–Kier alpha value is -2.98. The molecule has 116 valence electrons. The van der Waals surface area contributed by atoms with Gasteiger partial charge in [0.2, 0.25) is 0 Å². The van der Waals surface area contributed by atoms with Gasteiger partial charge < -0.3 is 5.73 Å². The van der Waals surface area contributed by atoms with Crippen LogP contribution in [0.15, 0.2) is 66.7 Å². The molecule has 0 amide bonds. The highest BCUT2D eigenvalue weighted by Crippen LogP contribution is 2.41. The fourth-order valence-corrected chi connectivity index (χ4v) is 3.91. The lowest BCUT2D eigenvalue weighted by molar-refractivity contribution is 0.112. The molecule has 2 aromatic heterocycles. The summed E-state index contributed by atoms with van der Waals surface area (Å²) in [5.41, 5.74) is 10.5. The van der Waals surface area contributed by atoms with E-state index in [9.17, 15) is 4.79 Å². The van der Waals surface area contributed by atoms with E-state index in [0.29, 0.717) is 11.3 Å². The van der Waals surface area contributed by atoms with Crippen LogP contribution in [0.2, 0.25) is 0 Å². The number of rotatable bonds is 3. The standard InChI is InChI=1S/C20H14N2OS/c21-18-16-10-11-17(13-6-2-1-3-7-13)22-20(16)24-19(18)15-9-5-4-8-14(15)12-23/h1-12H,21H2. The maximum atomic E-state index is 11.3. The average molecular weight is 330 g/mol. The smallest absolute Gasteiger partial charge is 0.150 e. The monoisotopic (exact) mass is 330 g/mol. The van der Waals surface area contributed by atoms with E-state index in [0.717, 1.165) is 38.2 Å². The fraction of sp³-hybridized carbons (Fsp3) is 0. The Bertz CT molecular complexity index is 1040. The summed E-state index contributed by atoms with van der Waals surface area (Å²) in [4.78, 5) is 17.8. The van der Waals surface area contributed by atoms with Gasteiger partial charge in [0, 0.05) is 22.1 Å². The van der Waals surface area contributed by atoms with Crippen LogP contribution in [0, 0.1) is 0 Å². The van der Waals surface area contributed by atoms with Crippen molar-refractivity contribution in [2.24, 2.45) is 0 Å². The number of pyridine rings is 1. The van der Waals surface area contributed by atoms with Crippen LogP contribution in [0.5, 0.6) is 0 Å². The lowest BCUT2D eigenvalue weighted by Crippen LogP contribution is -1.89. The largest absolute Gasteiger partial charge is 0.397 e. The molecular formula is C20H14N2OS. The van der Waals surface area contributed by atoms with E-state index < -0.39 is 0 Å². The van der Waals surface area contributed by atoms with E-state index in [1.54, 1.807) is 6.07 Å². The van der Waals surface area contributed by atoms with Crippen molar-refractivity contribution in [3.8, 4) is 21.7 Å². The van der Waals surface area contributed by atoms with Gasteiger partial charge in [-0.3, -0.25) is 4.79 Å². The molecule has 4 rings (SSSR count). The zero-order valence-electron chi connectivity index (χ0n) is 12.8. The quantitative estimate of drug-likeness (QED) is 0.536. The molecule has 2 N–H and O–H groups in total. The Kier molecular flexibility index (Phi) is 3.59. The summed E-state index contributed by atoms with van der Waals surface area (Å²) >= 11 is 1.52. The van der Waals surface area contributed by atoms with E-state index in [1.807, 2.05) is 60.7 Å². The average Bonchev–Trinajstić information content (AvgIpc) is 2.98. The Morgan fingerprint density at radius 3 is 2.46 bits per heavy atom. The number of aldehydes is 1. The van der Waals surface area contributed by atoms with Gasteiger partial charge >= 0.3 is 0 Å². The van der Waals surface area contributed by atoms with Crippen molar-refractivity contribution in [3.05, 3.63) is 72.3 Å². The number of benzene rings is 2. The predicted molar refractivity (Wildman–Crippen MR) is 100 cm³/mol. The van der Waals surface area contributed by atoms with E-state index in [2.05, 4.69) is 0 Å². The van der Waals surface area contributed by atoms with E-state index >= 15 is 0 Å². The van der Waals surface area contributed by atoms with Gasteiger partial charge in [0.1, 0.15) is 4.83 Å². The molecule has 0 bridgehead atoms. The molecule has 0 aliphatic heterocycles. The first-order valence-corrected chi connectivity index (χ1v) is 8.38. The van der Waals surface area contributed by atoms with Crippen molar-refractivity contribution >= 4 is 33.5 Å². The van der Waals surface area contributed by atoms with Crippen LogP contribution in [-0.4, -0.2) is 11.3 Å². The Morgan fingerprint density at radius 2 is 1.67 bits per heavy atom. The number of carbonyl (C=O) groups is 1. The van der Waals surface area contributed by atoms with Crippen LogP contribution in [0.3, 0.4) is 0 Å². The summed E-state index contributed by atoms with van der Waals surface area (Å²) in [7, 11) is 0. The van der Waals surface area contributed by atoms with Crippen LogP contribution in [0.1, 0.15) is 10.4 Å². The maximum absolute atomic E-state index is 11.3. The molecule has 0 aliphatic carbocycles. The molecule has 0 fully saturated rings. The van der Waals surface area contributed by atoms with Crippen LogP contribution >= 0.6 is 11.3 Å². The lowest BCUT2D eigenvalue weighted by atomic mass is 10.1. The fourth-order valence-electron chi connectivity index (χ4n) is 2.77. The molecular weight excluding hydrogens is 316 g/mol. The molecule has 0 saturated heterocycles. The van der Waals surface area contributed by atoms with Gasteiger partial charge in [-0.2, -0.15) is 0 Å². The molecule has 0 spiro atoms. The topological polar surface area (TPSA) is 56.0 Å². The number of carbonyl (C=O) groups excluding carboxylic acids is 1. The number of hydrogen-bond donors (Lipinski definition) is 1. The number of aromatic nitrogens is 1. The minimum Gasteiger partial charge on any atom is -0.397 e. The van der Waals surface area contributed by atoms with Crippen molar-refractivity contribution < 1.29 is 4.79 Å². The van der Waals surface area contributed by atoms with Gasteiger partial charge in [-0.25, -0.2) is 4.98 Å². The summed E-state index contributed by atoms with van der Waals surface area (Å²) in [5, 5.41) is 0.926. The Labute approximate surface area is 143 Å². The second-order valence-corrected chi connectivity index (χ2v) is 6.46. The number of nitrogens with two attached hydrogens (primary N) is 1. The molecule has 2 aromatic carbocycles. The SMILES string of the molecule is Nc1c(-c2ccccc2C=O)sc2nc(-c3ccccc3)ccc12. The molecule has 2 heterocycles. The summed E-state index contributed by atoms with van der Waals surface area (Å²) in [6.45, 7) is 0. The first-order chi connectivity index (χ1) is 11.8. The van der Waals surface area contributed by atoms with Crippen molar-refractivity contribution in [1.82, 2.24) is 4.98 Å².